The van der Waals surface area contributed by atoms with E-state index >= 15 is 0 Å². The number of carbonyl (C=O) groups is 2. The van der Waals surface area contributed by atoms with Crippen LogP contribution in [0.25, 0.3) is 0 Å². The lowest BCUT2D eigenvalue weighted by molar-refractivity contribution is -0.0512. The molecule has 0 unspecified atom stereocenters. The van der Waals surface area contributed by atoms with Crippen LogP contribution >= 0.6 is 0 Å². The van der Waals surface area contributed by atoms with Gasteiger partial charge in [0.2, 0.25) is 0 Å². The number of hydrogen-bond donors (Lipinski definition) is 2. The molecule has 0 radical (unpaired) electrons. The standard InChI is InChI=1S/C14H14F2N4O4/c1-20-6-8(11(19-20)12(17)21)18-13(22)7-3-4-9(24-14(15)16)10(5-7)23-2/h3-6,14H,1-2H3,(H2,17,21)(H,18,22). The van der Waals surface area contributed by atoms with Crippen LogP contribution in [0.4, 0.5) is 14.5 Å². The first-order valence-corrected chi connectivity index (χ1v) is 6.59. The van der Waals surface area contributed by atoms with Crippen LogP contribution in [0.5, 0.6) is 11.5 Å². The number of nitrogens with two attached hydrogens (primary N) is 1. The van der Waals surface area contributed by atoms with Crippen molar-refractivity contribution >= 4 is 17.5 Å². The maximum atomic E-state index is 12.3. The van der Waals surface area contributed by atoms with E-state index in [9.17, 15) is 18.4 Å². The number of hydrogen-bond acceptors (Lipinski definition) is 5. The van der Waals surface area contributed by atoms with Gasteiger partial charge >= 0.3 is 6.61 Å². The minimum Gasteiger partial charge on any atom is -0.493 e. The number of ether oxygens (including phenoxy) is 2. The van der Waals surface area contributed by atoms with Crippen molar-refractivity contribution < 1.29 is 27.8 Å². The second-order valence-corrected chi connectivity index (χ2v) is 4.63. The molecule has 0 saturated heterocycles. The summed E-state index contributed by atoms with van der Waals surface area (Å²) in [4.78, 5) is 23.5. The molecule has 8 nitrogen and oxygen atoms in total. The minimum atomic E-state index is -3.02. The quantitative estimate of drug-likeness (QED) is 0.826. The van der Waals surface area contributed by atoms with Crippen LogP contribution in [0.1, 0.15) is 20.8 Å². The summed E-state index contributed by atoms with van der Waals surface area (Å²) in [6.07, 6.45) is 1.41. The van der Waals surface area contributed by atoms with Gasteiger partial charge in [-0.05, 0) is 18.2 Å². The lowest BCUT2D eigenvalue weighted by Crippen LogP contribution is -2.18. The van der Waals surface area contributed by atoms with E-state index in [0.717, 1.165) is 0 Å². The first-order chi connectivity index (χ1) is 11.3. The van der Waals surface area contributed by atoms with E-state index in [0.29, 0.717) is 0 Å². The number of alkyl halides is 2. The zero-order valence-electron chi connectivity index (χ0n) is 12.7. The van der Waals surface area contributed by atoms with Gasteiger partial charge in [0, 0.05) is 18.8 Å². The second kappa shape index (κ2) is 6.94. The molecule has 0 aliphatic carbocycles. The van der Waals surface area contributed by atoms with Crippen molar-refractivity contribution in [3.63, 3.8) is 0 Å². The highest BCUT2D eigenvalue weighted by Crippen LogP contribution is 2.29. The van der Waals surface area contributed by atoms with Gasteiger partial charge in [-0.25, -0.2) is 0 Å². The molecule has 0 fully saturated rings. The van der Waals surface area contributed by atoms with E-state index in [1.54, 1.807) is 7.05 Å². The summed E-state index contributed by atoms with van der Waals surface area (Å²) in [6.45, 7) is -3.02. The van der Waals surface area contributed by atoms with Gasteiger partial charge in [0.1, 0.15) is 0 Å². The van der Waals surface area contributed by atoms with Gasteiger partial charge in [-0.15, -0.1) is 0 Å². The lowest BCUT2D eigenvalue weighted by atomic mass is 10.2. The zero-order chi connectivity index (χ0) is 17.9. The van der Waals surface area contributed by atoms with Gasteiger partial charge in [0.05, 0.1) is 12.8 Å². The molecule has 128 valence electrons. The number of primary amides is 1. The van der Waals surface area contributed by atoms with Crippen molar-refractivity contribution in [2.24, 2.45) is 12.8 Å². The zero-order valence-corrected chi connectivity index (χ0v) is 12.7. The van der Waals surface area contributed by atoms with Crippen molar-refractivity contribution in [3.05, 3.63) is 35.7 Å². The number of benzene rings is 1. The summed E-state index contributed by atoms with van der Waals surface area (Å²) in [5, 5.41) is 6.31. The fourth-order valence-corrected chi connectivity index (χ4v) is 1.96. The summed E-state index contributed by atoms with van der Waals surface area (Å²) in [5.41, 5.74) is 5.31. The molecule has 0 saturated carbocycles. The maximum absolute atomic E-state index is 12.3. The Hall–Kier alpha value is -3.17. The van der Waals surface area contributed by atoms with Crippen LogP contribution in [0, 0.1) is 0 Å². The lowest BCUT2D eigenvalue weighted by Gasteiger charge is -2.11. The average molecular weight is 340 g/mol. The van der Waals surface area contributed by atoms with Crippen LogP contribution < -0.4 is 20.5 Å². The molecule has 2 aromatic rings. The summed E-state index contributed by atoms with van der Waals surface area (Å²) in [6, 6.07) is 3.68. The Labute approximate surface area is 135 Å². The van der Waals surface area contributed by atoms with Gasteiger partial charge in [-0.1, -0.05) is 0 Å². The van der Waals surface area contributed by atoms with E-state index in [1.807, 2.05) is 0 Å². The molecule has 0 aliphatic rings. The first-order valence-electron chi connectivity index (χ1n) is 6.59. The highest BCUT2D eigenvalue weighted by atomic mass is 19.3. The summed E-state index contributed by atoms with van der Waals surface area (Å²) in [7, 11) is 2.81. The third-order valence-corrected chi connectivity index (χ3v) is 2.95. The molecule has 3 N–H and O–H groups in total. The SMILES string of the molecule is COc1cc(C(=O)Nc2cn(C)nc2C(N)=O)ccc1OC(F)F. The normalized spacial score (nSPS) is 10.5. The maximum Gasteiger partial charge on any atom is 0.387 e. The second-order valence-electron chi connectivity index (χ2n) is 4.63. The Balaban J connectivity index is 2.26. The van der Waals surface area contributed by atoms with Gasteiger partial charge in [-0.3, -0.25) is 14.3 Å². The smallest absolute Gasteiger partial charge is 0.387 e. The number of aromatic nitrogens is 2. The van der Waals surface area contributed by atoms with Crippen molar-refractivity contribution in [2.75, 3.05) is 12.4 Å². The molecule has 1 heterocycles. The first kappa shape index (κ1) is 17.2. The van der Waals surface area contributed by atoms with Crippen molar-refractivity contribution in [1.82, 2.24) is 9.78 Å². The number of amides is 2. The molecule has 0 spiro atoms. The van der Waals surface area contributed by atoms with Gasteiger partial charge in [-0.2, -0.15) is 13.9 Å². The highest BCUT2D eigenvalue weighted by Gasteiger charge is 2.18. The summed E-state index contributed by atoms with van der Waals surface area (Å²) >= 11 is 0. The topological polar surface area (TPSA) is 108 Å². The average Bonchev–Trinajstić information content (AvgIpc) is 2.87. The fourth-order valence-electron chi connectivity index (χ4n) is 1.96. The molecule has 1 aromatic carbocycles. The number of halogens is 2. The van der Waals surface area contributed by atoms with Gasteiger partial charge in [0.25, 0.3) is 11.8 Å². The van der Waals surface area contributed by atoms with Crippen molar-refractivity contribution in [3.8, 4) is 11.5 Å². The van der Waals surface area contributed by atoms with E-state index in [1.165, 1.54) is 36.2 Å². The predicted octanol–water partition coefficient (Wildman–Crippen LogP) is 1.38. The van der Waals surface area contributed by atoms with E-state index < -0.39 is 18.4 Å². The van der Waals surface area contributed by atoms with Crippen molar-refractivity contribution in [1.29, 1.82) is 0 Å². The summed E-state index contributed by atoms with van der Waals surface area (Å²) < 4.78 is 35.1. The molecule has 0 aliphatic heterocycles. The Kier molecular flexibility index (Phi) is 4.97. The van der Waals surface area contributed by atoms with Crippen LogP contribution in [-0.4, -0.2) is 35.3 Å². The highest BCUT2D eigenvalue weighted by molar-refractivity contribution is 6.08. The Morgan fingerprint density at radius 1 is 1.33 bits per heavy atom. The third kappa shape index (κ3) is 3.77. The number of carbonyl (C=O) groups excluding carboxylic acids is 2. The Bertz CT molecular complexity index is 776. The van der Waals surface area contributed by atoms with Crippen LogP contribution in [0.15, 0.2) is 24.4 Å². The molecule has 24 heavy (non-hydrogen) atoms. The fraction of sp³-hybridized carbons (Fsp3) is 0.214. The number of methoxy groups -OCH3 is 1. The Morgan fingerprint density at radius 3 is 2.62 bits per heavy atom. The van der Waals surface area contributed by atoms with E-state index in [-0.39, 0.29) is 28.4 Å². The number of nitrogens with one attached hydrogen (secondary N) is 1. The monoisotopic (exact) mass is 340 g/mol. The number of anilines is 1. The van der Waals surface area contributed by atoms with Crippen LogP contribution in [0.3, 0.4) is 0 Å². The largest absolute Gasteiger partial charge is 0.493 e. The number of aryl methyl sites for hydroxylation is 1. The molecule has 10 heteroatoms. The number of rotatable bonds is 6. The van der Waals surface area contributed by atoms with E-state index in [2.05, 4.69) is 15.2 Å². The summed E-state index contributed by atoms with van der Waals surface area (Å²) in [5.74, 6) is -1.65. The molecular weight excluding hydrogens is 326 g/mol. The molecule has 2 rings (SSSR count). The van der Waals surface area contributed by atoms with E-state index in [4.69, 9.17) is 10.5 Å². The Morgan fingerprint density at radius 2 is 2.04 bits per heavy atom. The molecule has 0 atom stereocenters. The third-order valence-electron chi connectivity index (χ3n) is 2.95. The van der Waals surface area contributed by atoms with Crippen LogP contribution in [-0.2, 0) is 7.05 Å². The molecular formula is C14H14F2N4O4. The van der Waals surface area contributed by atoms with Crippen molar-refractivity contribution in [2.45, 2.75) is 6.61 Å². The predicted molar refractivity (Wildman–Crippen MR) is 79.3 cm³/mol. The molecule has 2 amide bonds. The number of nitrogens with zero attached hydrogens (tertiary/aromatic N) is 2. The van der Waals surface area contributed by atoms with Gasteiger partial charge in [0.15, 0.2) is 17.2 Å². The van der Waals surface area contributed by atoms with Gasteiger partial charge < -0.3 is 20.5 Å². The molecule has 1 aromatic heterocycles. The molecule has 0 bridgehead atoms. The minimum absolute atomic E-state index is 0.0377. The van der Waals surface area contributed by atoms with Crippen LogP contribution in [0.2, 0.25) is 0 Å².